The van der Waals surface area contributed by atoms with E-state index in [0.717, 1.165) is 32.1 Å². The maximum atomic E-state index is 12.3. The lowest BCUT2D eigenvalue weighted by atomic mass is 10.0. The Kier molecular flexibility index (Phi) is 27.7. The average Bonchev–Trinajstić information content (AvgIpc) is 2.92. The van der Waals surface area contributed by atoms with E-state index in [9.17, 15) is 14.3 Å². The van der Waals surface area contributed by atoms with E-state index in [-0.39, 0.29) is 25.7 Å². The van der Waals surface area contributed by atoms with Crippen molar-refractivity contribution in [2.75, 3.05) is 54.1 Å². The summed E-state index contributed by atoms with van der Waals surface area (Å²) in [7, 11) is 1.46. The number of phosphoric acid groups is 1. The average molecular weight is 621 g/mol. The van der Waals surface area contributed by atoms with E-state index < -0.39 is 13.9 Å². The maximum absolute atomic E-state index is 12.3. The van der Waals surface area contributed by atoms with Crippen molar-refractivity contribution in [2.45, 2.75) is 155 Å². The van der Waals surface area contributed by atoms with Gasteiger partial charge in [0.1, 0.15) is 13.2 Å². The molecule has 9 heteroatoms. The van der Waals surface area contributed by atoms with Crippen LogP contribution in [0.3, 0.4) is 0 Å². The van der Waals surface area contributed by atoms with Gasteiger partial charge < -0.3 is 28.5 Å². The van der Waals surface area contributed by atoms with E-state index in [4.69, 9.17) is 13.8 Å². The number of carbonyl (C=O) groups is 1. The van der Waals surface area contributed by atoms with Gasteiger partial charge in [-0.15, -0.1) is 0 Å². The summed E-state index contributed by atoms with van der Waals surface area (Å²) in [4.78, 5) is 24.5. The largest absolute Gasteiger partial charge is 0.756 e. The second kappa shape index (κ2) is 28.0. The molecule has 8 nitrogen and oxygen atoms in total. The van der Waals surface area contributed by atoms with Gasteiger partial charge in [0.2, 0.25) is 5.91 Å². The number of nitrogens with one attached hydrogen (secondary N) is 1. The van der Waals surface area contributed by atoms with Crippen LogP contribution in [0.15, 0.2) is 0 Å². The lowest BCUT2D eigenvalue weighted by Crippen LogP contribution is -2.38. The number of hydrogen-bond donors (Lipinski definition) is 1. The third kappa shape index (κ3) is 30.9. The first-order valence-corrected chi connectivity index (χ1v) is 18.8. The molecule has 0 aliphatic carbocycles. The number of rotatable bonds is 32. The Hall–Kier alpha value is -0.500. The quantitative estimate of drug-likeness (QED) is 0.0466. The number of phosphoric ester groups is 1. The van der Waals surface area contributed by atoms with Crippen LogP contribution < -0.4 is 10.2 Å². The van der Waals surface area contributed by atoms with E-state index >= 15 is 0 Å². The lowest BCUT2D eigenvalue weighted by molar-refractivity contribution is -0.870. The number of likely N-dealkylation sites (N-methyl/N-ethyl adjacent to an activating group) is 1. The van der Waals surface area contributed by atoms with Gasteiger partial charge in [0.15, 0.2) is 0 Å². The van der Waals surface area contributed by atoms with Crippen molar-refractivity contribution < 1.29 is 32.5 Å². The predicted octanol–water partition coefficient (Wildman–Crippen LogP) is 7.93. The molecule has 0 fully saturated rings. The number of ether oxygens (including phenoxy) is 1. The second-order valence-corrected chi connectivity index (χ2v) is 14.4. The summed E-state index contributed by atoms with van der Waals surface area (Å²) in [6, 6.07) is 0. The molecule has 0 aromatic carbocycles. The Morgan fingerprint density at radius 2 is 1.14 bits per heavy atom. The third-order valence-corrected chi connectivity index (χ3v) is 8.53. The first-order valence-electron chi connectivity index (χ1n) is 17.4. The highest BCUT2D eigenvalue weighted by Gasteiger charge is 2.18. The van der Waals surface area contributed by atoms with Gasteiger partial charge in [0.05, 0.1) is 33.9 Å². The van der Waals surface area contributed by atoms with E-state index in [1.807, 2.05) is 21.1 Å². The van der Waals surface area contributed by atoms with Gasteiger partial charge in [-0.2, -0.15) is 0 Å². The highest BCUT2D eigenvalue weighted by molar-refractivity contribution is 7.45. The molecule has 0 saturated carbocycles. The summed E-state index contributed by atoms with van der Waals surface area (Å²) >= 11 is 0. The zero-order valence-electron chi connectivity index (χ0n) is 28.3. The maximum Gasteiger partial charge on any atom is 0.268 e. The molecule has 0 heterocycles. The summed E-state index contributed by atoms with van der Waals surface area (Å²) in [6.07, 6.45) is 24.9. The van der Waals surface area contributed by atoms with Crippen LogP contribution in [0.1, 0.15) is 149 Å². The van der Waals surface area contributed by atoms with E-state index in [1.54, 1.807) is 0 Å². The Balaban J connectivity index is 4.19. The molecule has 2 atom stereocenters. The van der Waals surface area contributed by atoms with Gasteiger partial charge >= 0.3 is 0 Å². The molecule has 0 spiro atoms. The van der Waals surface area contributed by atoms with Gasteiger partial charge in [-0.1, -0.05) is 129 Å². The van der Waals surface area contributed by atoms with Crippen LogP contribution in [0.5, 0.6) is 0 Å². The van der Waals surface area contributed by atoms with Gasteiger partial charge in [-0.05, 0) is 12.8 Å². The zero-order valence-corrected chi connectivity index (χ0v) is 29.2. The molecule has 1 amide bonds. The molecule has 2 unspecified atom stereocenters. The minimum absolute atomic E-state index is 0.0309. The lowest BCUT2D eigenvalue weighted by Gasteiger charge is -2.28. The highest BCUT2D eigenvalue weighted by atomic mass is 31.2. The van der Waals surface area contributed by atoms with Crippen LogP contribution in [0, 0.1) is 0 Å². The predicted molar refractivity (Wildman–Crippen MR) is 173 cm³/mol. The number of unbranched alkanes of at least 4 members (excludes halogenated alkanes) is 18. The molecule has 0 aliphatic heterocycles. The molecular formula is C33H69N2O6P. The van der Waals surface area contributed by atoms with E-state index in [2.05, 4.69) is 19.2 Å². The fourth-order valence-electron chi connectivity index (χ4n) is 4.73. The van der Waals surface area contributed by atoms with Crippen molar-refractivity contribution in [3.63, 3.8) is 0 Å². The molecule has 0 saturated heterocycles. The number of hydrogen-bond acceptors (Lipinski definition) is 6. The number of nitrogens with zero attached hydrogens (tertiary/aromatic N) is 1. The molecule has 42 heavy (non-hydrogen) atoms. The summed E-state index contributed by atoms with van der Waals surface area (Å²) < 4.78 is 29.0. The summed E-state index contributed by atoms with van der Waals surface area (Å²) in [6.45, 7) is 5.62. The molecule has 1 N–H and O–H groups in total. The summed E-state index contributed by atoms with van der Waals surface area (Å²) in [5.74, 6) is -0.0309. The van der Waals surface area contributed by atoms with Crippen LogP contribution in [0.25, 0.3) is 0 Å². The minimum atomic E-state index is -4.44. The normalized spacial score (nSPS) is 14.1. The fraction of sp³-hybridized carbons (Fsp3) is 0.970. The van der Waals surface area contributed by atoms with Crippen molar-refractivity contribution in [3.8, 4) is 0 Å². The van der Waals surface area contributed by atoms with Crippen LogP contribution >= 0.6 is 7.82 Å². The van der Waals surface area contributed by atoms with Crippen molar-refractivity contribution in [1.82, 2.24) is 5.32 Å². The first kappa shape index (κ1) is 41.5. The molecule has 0 radical (unpaired) electrons. The second-order valence-electron chi connectivity index (χ2n) is 13.0. The van der Waals surface area contributed by atoms with Crippen LogP contribution in [0.4, 0.5) is 0 Å². The van der Waals surface area contributed by atoms with Gasteiger partial charge in [0.25, 0.3) is 7.82 Å². The number of quaternary nitrogens is 1. The third-order valence-electron chi connectivity index (χ3n) is 7.57. The molecule has 0 aliphatic rings. The molecule has 0 aromatic heterocycles. The zero-order chi connectivity index (χ0) is 31.4. The summed E-state index contributed by atoms with van der Waals surface area (Å²) in [5, 5.41) is 2.90. The van der Waals surface area contributed by atoms with Crippen LogP contribution in [-0.4, -0.2) is 70.5 Å². The van der Waals surface area contributed by atoms with Crippen molar-refractivity contribution in [1.29, 1.82) is 0 Å². The highest BCUT2D eigenvalue weighted by Crippen LogP contribution is 2.38. The van der Waals surface area contributed by atoms with Gasteiger partial charge in [-0.3, -0.25) is 9.36 Å². The standard InChI is InChI=1S/C33H69N2O6P/c1-6-8-10-12-13-14-15-16-17-18-19-20-21-23-25-28-39-32(30-34-33(36)26-24-22-11-9-7-2)31-41-42(37,38)40-29-27-35(3,4)5/h32H,6-31H2,1-5H3,(H-,34,36,37,38). The number of carbonyl (C=O) groups excluding carboxylic acids is 1. The Bertz CT molecular complexity index is 659. The molecular weight excluding hydrogens is 551 g/mol. The molecule has 0 aromatic rings. The minimum Gasteiger partial charge on any atom is -0.756 e. The molecule has 0 rings (SSSR count). The molecule has 0 bridgehead atoms. The van der Waals surface area contributed by atoms with Crippen LogP contribution in [-0.2, 0) is 23.1 Å². The Labute approximate surface area is 260 Å². The van der Waals surface area contributed by atoms with Crippen molar-refractivity contribution >= 4 is 13.7 Å². The SMILES string of the molecule is CCCCCCCCCCCCCCCCCOC(CNC(=O)CCCCCCC)COP(=O)([O-])OCC[N+](C)(C)C. The van der Waals surface area contributed by atoms with Gasteiger partial charge in [-0.25, -0.2) is 0 Å². The first-order chi connectivity index (χ1) is 20.1. The molecule has 252 valence electrons. The van der Waals surface area contributed by atoms with E-state index in [1.165, 1.54) is 96.3 Å². The fourth-order valence-corrected chi connectivity index (χ4v) is 5.46. The van der Waals surface area contributed by atoms with E-state index in [0.29, 0.717) is 24.1 Å². The van der Waals surface area contributed by atoms with Crippen molar-refractivity contribution in [3.05, 3.63) is 0 Å². The van der Waals surface area contributed by atoms with Gasteiger partial charge in [0, 0.05) is 19.6 Å². The van der Waals surface area contributed by atoms with Crippen LogP contribution in [0.2, 0.25) is 0 Å². The Morgan fingerprint density at radius 1 is 0.690 bits per heavy atom. The van der Waals surface area contributed by atoms with Crippen molar-refractivity contribution in [2.24, 2.45) is 0 Å². The Morgan fingerprint density at radius 3 is 1.62 bits per heavy atom. The smallest absolute Gasteiger partial charge is 0.268 e. The number of amides is 1. The topological polar surface area (TPSA) is 96.9 Å². The summed E-state index contributed by atoms with van der Waals surface area (Å²) in [5.41, 5.74) is 0. The monoisotopic (exact) mass is 620 g/mol.